The molecule has 0 amide bonds. The summed E-state index contributed by atoms with van der Waals surface area (Å²) in [6, 6.07) is -0.161. The van der Waals surface area contributed by atoms with Gasteiger partial charge in [-0.3, -0.25) is 4.90 Å². The summed E-state index contributed by atoms with van der Waals surface area (Å²) >= 11 is 0. The van der Waals surface area contributed by atoms with Crippen LogP contribution in [-0.2, 0) is 19.1 Å². The second kappa shape index (κ2) is 6.70. The Bertz CT molecular complexity index is 586. The van der Waals surface area contributed by atoms with E-state index < -0.39 is 29.6 Å². The minimum absolute atomic E-state index is 0.00849. The van der Waals surface area contributed by atoms with Gasteiger partial charge in [-0.05, 0) is 32.6 Å². The number of carbonyl (C=O) groups is 2. The highest BCUT2D eigenvalue weighted by Gasteiger charge is 2.51. The lowest BCUT2D eigenvalue weighted by molar-refractivity contribution is -0.173. The van der Waals surface area contributed by atoms with E-state index in [1.807, 2.05) is 0 Å². The molecular weight excluding hydrogens is 326 g/mol. The Kier molecular flexibility index (Phi) is 4.92. The second-order valence-corrected chi connectivity index (χ2v) is 7.61. The van der Waals surface area contributed by atoms with Gasteiger partial charge in [0.1, 0.15) is 6.10 Å². The number of hydrogen-bond acceptors (Lipinski definition) is 7. The highest BCUT2D eigenvalue weighted by atomic mass is 16.6. The van der Waals surface area contributed by atoms with Crippen LogP contribution in [0.1, 0.15) is 33.6 Å². The van der Waals surface area contributed by atoms with Gasteiger partial charge in [-0.1, -0.05) is 13.0 Å². The number of nitrogens with zero attached hydrogens (tertiary/aromatic N) is 1. The number of aliphatic hydroxyl groups excluding tert-OH is 1. The predicted octanol–water partition coefficient (Wildman–Crippen LogP) is 0.243. The van der Waals surface area contributed by atoms with Gasteiger partial charge >= 0.3 is 11.9 Å². The molecule has 0 bridgehead atoms. The van der Waals surface area contributed by atoms with E-state index in [0.717, 1.165) is 6.54 Å². The van der Waals surface area contributed by atoms with Crippen molar-refractivity contribution >= 4 is 11.9 Å². The maximum Gasteiger partial charge on any atom is 0.338 e. The molecule has 0 saturated carbocycles. The predicted molar refractivity (Wildman–Crippen MR) is 88.5 cm³/mol. The van der Waals surface area contributed by atoms with Crippen LogP contribution in [0.3, 0.4) is 0 Å². The quantitative estimate of drug-likeness (QED) is 0.476. The lowest BCUT2D eigenvalue weighted by atomic mass is 9.85. The van der Waals surface area contributed by atoms with Crippen LogP contribution in [0.15, 0.2) is 11.6 Å². The van der Waals surface area contributed by atoms with E-state index in [2.05, 4.69) is 4.90 Å². The summed E-state index contributed by atoms with van der Waals surface area (Å²) < 4.78 is 11.1. The molecule has 0 radical (unpaired) electrons. The second-order valence-electron chi connectivity index (χ2n) is 7.61. The Morgan fingerprint density at radius 3 is 2.76 bits per heavy atom. The third-order valence-electron chi connectivity index (χ3n) is 6.03. The van der Waals surface area contributed by atoms with Gasteiger partial charge in [0.2, 0.25) is 0 Å². The molecule has 0 aromatic rings. The van der Waals surface area contributed by atoms with Crippen molar-refractivity contribution in [3.05, 3.63) is 11.6 Å². The summed E-state index contributed by atoms with van der Waals surface area (Å²) in [6.07, 6.45) is 1.63. The van der Waals surface area contributed by atoms with Crippen molar-refractivity contribution in [2.45, 2.75) is 57.5 Å². The molecule has 3 saturated heterocycles. The summed E-state index contributed by atoms with van der Waals surface area (Å²) in [4.78, 5) is 27.1. The van der Waals surface area contributed by atoms with Crippen molar-refractivity contribution in [1.29, 1.82) is 0 Å². The number of carbonyl (C=O) groups excluding carboxylic acids is 2. The van der Waals surface area contributed by atoms with Crippen LogP contribution < -0.4 is 0 Å². The lowest BCUT2D eigenvalue weighted by Crippen LogP contribution is -2.47. The summed E-state index contributed by atoms with van der Waals surface area (Å²) in [5.74, 6) is -1.97. The number of ether oxygens (including phenoxy) is 2. The van der Waals surface area contributed by atoms with E-state index >= 15 is 0 Å². The molecule has 3 rings (SSSR count). The smallest absolute Gasteiger partial charge is 0.338 e. The molecule has 0 unspecified atom stereocenters. The standard InChI is InChI=1S/C18H27NO6/c1-4-11-7-10(2)18(3,23)17(22)24-9-12-13(20)8-19-6-5-14(15(12)19)25-16(11)21/h4,10,12-15,20,23H,5-9H2,1-3H3/b11-4+/t10-,12-,13-,14-,15+,18-/m1/s1. The van der Waals surface area contributed by atoms with Gasteiger partial charge in [0, 0.05) is 24.6 Å². The number of esters is 2. The normalized spacial score (nSPS) is 44.7. The average Bonchev–Trinajstić information content (AvgIpc) is 3.08. The van der Waals surface area contributed by atoms with Crippen LogP contribution in [0.5, 0.6) is 0 Å². The van der Waals surface area contributed by atoms with Crippen LogP contribution in [0.25, 0.3) is 0 Å². The molecule has 7 heteroatoms. The molecule has 0 aromatic heterocycles. The third kappa shape index (κ3) is 3.20. The Hall–Kier alpha value is -1.44. The summed E-state index contributed by atoms with van der Waals surface area (Å²) in [7, 11) is 0. The molecule has 2 N–H and O–H groups in total. The molecule has 3 fully saturated rings. The van der Waals surface area contributed by atoms with Crippen LogP contribution in [0, 0.1) is 11.8 Å². The zero-order chi connectivity index (χ0) is 18.4. The van der Waals surface area contributed by atoms with E-state index in [1.54, 1.807) is 19.9 Å². The van der Waals surface area contributed by atoms with Crippen LogP contribution in [-0.4, -0.2) is 70.6 Å². The summed E-state index contributed by atoms with van der Waals surface area (Å²) in [6.45, 7) is 6.07. The topological polar surface area (TPSA) is 96.3 Å². The van der Waals surface area contributed by atoms with Gasteiger partial charge in [0.15, 0.2) is 5.60 Å². The van der Waals surface area contributed by atoms with Crippen LogP contribution in [0.2, 0.25) is 0 Å². The Labute approximate surface area is 147 Å². The molecule has 3 aliphatic rings. The van der Waals surface area contributed by atoms with Crippen LogP contribution >= 0.6 is 0 Å². The number of hydrogen-bond donors (Lipinski definition) is 2. The molecule has 140 valence electrons. The Morgan fingerprint density at radius 1 is 1.36 bits per heavy atom. The zero-order valence-electron chi connectivity index (χ0n) is 15.0. The lowest BCUT2D eigenvalue weighted by Gasteiger charge is -2.32. The van der Waals surface area contributed by atoms with Crippen molar-refractivity contribution in [2.75, 3.05) is 19.7 Å². The first-order valence-electron chi connectivity index (χ1n) is 8.93. The van der Waals surface area contributed by atoms with E-state index in [0.29, 0.717) is 18.5 Å². The van der Waals surface area contributed by atoms with Crippen molar-refractivity contribution in [2.24, 2.45) is 11.8 Å². The first-order valence-corrected chi connectivity index (χ1v) is 8.93. The highest BCUT2D eigenvalue weighted by molar-refractivity contribution is 5.89. The van der Waals surface area contributed by atoms with Gasteiger partial charge in [-0.2, -0.15) is 0 Å². The maximum atomic E-state index is 12.6. The molecule has 0 spiro atoms. The van der Waals surface area contributed by atoms with Gasteiger partial charge < -0.3 is 19.7 Å². The highest BCUT2D eigenvalue weighted by Crippen LogP contribution is 2.37. The molecule has 6 atom stereocenters. The van der Waals surface area contributed by atoms with E-state index in [9.17, 15) is 19.8 Å². The average molecular weight is 353 g/mol. The summed E-state index contributed by atoms with van der Waals surface area (Å²) in [5.41, 5.74) is -1.28. The molecule has 3 heterocycles. The molecule has 25 heavy (non-hydrogen) atoms. The van der Waals surface area contributed by atoms with Gasteiger partial charge in [-0.15, -0.1) is 0 Å². The Balaban J connectivity index is 1.91. The zero-order valence-corrected chi connectivity index (χ0v) is 15.0. The molecule has 0 aromatic carbocycles. The fourth-order valence-electron chi connectivity index (χ4n) is 4.13. The van der Waals surface area contributed by atoms with Crippen LogP contribution in [0.4, 0.5) is 0 Å². The van der Waals surface area contributed by atoms with Crippen molar-refractivity contribution < 1.29 is 29.3 Å². The largest absolute Gasteiger partial charge is 0.463 e. The van der Waals surface area contributed by atoms with Crippen molar-refractivity contribution in [3.8, 4) is 0 Å². The number of aliphatic hydroxyl groups is 2. The van der Waals surface area contributed by atoms with E-state index in [-0.39, 0.29) is 31.1 Å². The fourth-order valence-corrected chi connectivity index (χ4v) is 4.13. The van der Waals surface area contributed by atoms with Gasteiger partial charge in [-0.25, -0.2) is 9.59 Å². The van der Waals surface area contributed by atoms with Gasteiger partial charge in [0.05, 0.1) is 18.8 Å². The fraction of sp³-hybridized carbons (Fsp3) is 0.778. The number of allylic oxidation sites excluding steroid dienone is 1. The number of cyclic esters (lactones) is 1. The maximum absolute atomic E-state index is 12.6. The first-order chi connectivity index (χ1) is 11.8. The monoisotopic (exact) mass is 353 g/mol. The third-order valence-corrected chi connectivity index (χ3v) is 6.03. The molecule has 7 nitrogen and oxygen atoms in total. The van der Waals surface area contributed by atoms with Gasteiger partial charge in [0.25, 0.3) is 0 Å². The van der Waals surface area contributed by atoms with E-state index in [4.69, 9.17) is 9.47 Å². The molecule has 3 aliphatic heterocycles. The first kappa shape index (κ1) is 18.4. The molecular formula is C18H27NO6. The van der Waals surface area contributed by atoms with E-state index in [1.165, 1.54) is 6.92 Å². The molecule has 0 aliphatic carbocycles. The van der Waals surface area contributed by atoms with Crippen molar-refractivity contribution in [3.63, 3.8) is 0 Å². The number of rotatable bonds is 0. The minimum atomic E-state index is -1.72. The SMILES string of the molecule is C/C=C1\C[C@@H](C)[C@@](C)(O)C(=O)OC[C@H]2[C@H]3[C@@H](CCN3C[C@H]2O)OC1=O. The minimum Gasteiger partial charge on any atom is -0.463 e. The van der Waals surface area contributed by atoms with Crippen molar-refractivity contribution in [1.82, 2.24) is 4.90 Å². The summed E-state index contributed by atoms with van der Waals surface area (Å²) in [5, 5.41) is 20.9. The Morgan fingerprint density at radius 2 is 2.08 bits per heavy atom.